The maximum absolute atomic E-state index is 8.94. The number of pyridine rings is 2. The zero-order chi connectivity index (χ0) is 60.3. The second-order valence-electron chi connectivity index (χ2n) is 23.4. The lowest BCUT2D eigenvalue weighted by Crippen LogP contribution is -2.29. The van der Waals surface area contributed by atoms with Gasteiger partial charge in [0.25, 0.3) is 0 Å². The van der Waals surface area contributed by atoms with Crippen molar-refractivity contribution in [3.8, 4) is 33.6 Å². The van der Waals surface area contributed by atoms with Gasteiger partial charge in [0.1, 0.15) is 0 Å². The summed E-state index contributed by atoms with van der Waals surface area (Å²) in [6, 6.07) is 116. The molecule has 2 N–H and O–H groups in total. The Balaban J connectivity index is 0.000000122. The minimum atomic E-state index is -1.38. The number of para-hydroxylation sites is 2. The van der Waals surface area contributed by atoms with Crippen LogP contribution in [0.3, 0.4) is 0 Å². The van der Waals surface area contributed by atoms with Crippen molar-refractivity contribution in [3.63, 3.8) is 0 Å². The fourth-order valence-corrected chi connectivity index (χ4v) is 15.2. The molecule has 14 aromatic carbocycles. The summed E-state index contributed by atoms with van der Waals surface area (Å²) < 4.78 is 1.11. The van der Waals surface area contributed by atoms with Crippen LogP contribution < -0.4 is 5.46 Å². The molecule has 2 heterocycles. The molecule has 0 unspecified atom stereocenters. The van der Waals surface area contributed by atoms with Crippen molar-refractivity contribution >= 4 is 93.4 Å². The third kappa shape index (κ3) is 8.89. The molecule has 0 saturated carbocycles. The fraction of sp³-hybridized carbons (Fsp3) is 0.0238. The average molecular weight is 1220 g/mol. The molecule has 0 spiro atoms. The second-order valence-corrected chi connectivity index (χ2v) is 24.2. The standard InChI is InChI=1S/C42H27N.C32H20BrN.C10H9BO2/c1-3-16-32(17-4-1)42(33-18-5-2-6-19-33)37-27-36(30-24-23-28-13-7-8-14-29(28)25-30)34-20-10-11-21-35(34)40(37)41-38(42)26-31-15-9-12-22-39(31)43-41;33-28-20-26-30(25-17-9-8-16-24(25)28)31-27(19-21-11-7-10-18-29(21)34-31)32(26,22-12-3-1-4-13-22)23-14-5-2-6-15-23;12-11(13)10-6-5-8-3-1-2-4-9(8)7-10/h1-27H;1-20H;1-7,12-13H. The minimum Gasteiger partial charge on any atom is -0.423 e. The predicted molar refractivity (Wildman–Crippen MR) is 378 cm³/mol. The lowest BCUT2D eigenvalue weighted by Gasteiger charge is -2.34. The Bertz CT molecular complexity index is 5350. The summed E-state index contributed by atoms with van der Waals surface area (Å²) in [6.07, 6.45) is 0. The first-order valence-electron chi connectivity index (χ1n) is 30.5. The monoisotopic (exact) mass is 1210 g/mol. The number of fused-ring (bicyclic) bond motifs is 14. The summed E-state index contributed by atoms with van der Waals surface area (Å²) >= 11 is 3.92. The van der Waals surface area contributed by atoms with Gasteiger partial charge in [-0.3, -0.25) is 0 Å². The van der Waals surface area contributed by atoms with Crippen LogP contribution in [-0.4, -0.2) is 27.1 Å². The number of rotatable bonds is 6. The average Bonchev–Trinajstić information content (AvgIpc) is 1.53. The molecule has 0 saturated heterocycles. The van der Waals surface area contributed by atoms with Crippen molar-refractivity contribution < 1.29 is 10.0 Å². The van der Waals surface area contributed by atoms with Gasteiger partial charge in [-0.2, -0.15) is 0 Å². The van der Waals surface area contributed by atoms with E-state index < -0.39 is 17.9 Å². The van der Waals surface area contributed by atoms with E-state index in [4.69, 9.17) is 20.0 Å². The van der Waals surface area contributed by atoms with Crippen molar-refractivity contribution in [3.05, 3.63) is 377 Å². The van der Waals surface area contributed by atoms with Gasteiger partial charge in [-0.25, -0.2) is 9.97 Å². The molecule has 16 aromatic rings. The highest BCUT2D eigenvalue weighted by Gasteiger charge is 2.50. The summed E-state index contributed by atoms with van der Waals surface area (Å²) in [4.78, 5) is 10.7. The van der Waals surface area contributed by atoms with Gasteiger partial charge in [0, 0.05) is 26.4 Å². The third-order valence-electron chi connectivity index (χ3n) is 18.5. The van der Waals surface area contributed by atoms with E-state index in [0.29, 0.717) is 5.46 Å². The van der Waals surface area contributed by atoms with E-state index in [1.165, 1.54) is 99.1 Å². The summed E-state index contributed by atoms with van der Waals surface area (Å²) in [7, 11) is -1.38. The van der Waals surface area contributed by atoms with Gasteiger partial charge in [0.15, 0.2) is 0 Å². The molecule has 0 aliphatic heterocycles. The van der Waals surface area contributed by atoms with E-state index >= 15 is 0 Å². The molecule has 0 atom stereocenters. The van der Waals surface area contributed by atoms with Crippen LogP contribution in [0.1, 0.15) is 44.5 Å². The van der Waals surface area contributed by atoms with Crippen molar-refractivity contribution in [1.82, 2.24) is 9.97 Å². The highest BCUT2D eigenvalue weighted by molar-refractivity contribution is 9.10. The van der Waals surface area contributed by atoms with Crippen LogP contribution in [0.4, 0.5) is 0 Å². The van der Waals surface area contributed by atoms with Crippen LogP contribution in [0.2, 0.25) is 0 Å². The zero-order valence-corrected chi connectivity index (χ0v) is 50.5. The zero-order valence-electron chi connectivity index (χ0n) is 48.9. The quantitative estimate of drug-likeness (QED) is 0.163. The Hall–Kier alpha value is -10.6. The van der Waals surface area contributed by atoms with Crippen molar-refractivity contribution in [2.45, 2.75) is 10.8 Å². The van der Waals surface area contributed by atoms with Gasteiger partial charge in [0.2, 0.25) is 0 Å². The molecule has 2 aliphatic rings. The van der Waals surface area contributed by atoms with E-state index in [9.17, 15) is 0 Å². The van der Waals surface area contributed by atoms with Crippen molar-refractivity contribution in [2.75, 3.05) is 0 Å². The summed E-state index contributed by atoms with van der Waals surface area (Å²) in [5.74, 6) is 0. The van der Waals surface area contributed by atoms with Gasteiger partial charge < -0.3 is 10.0 Å². The topological polar surface area (TPSA) is 66.2 Å². The number of hydrogen-bond acceptors (Lipinski definition) is 4. The molecule has 0 bridgehead atoms. The number of nitrogens with zero attached hydrogens (tertiary/aromatic N) is 2. The number of halogens is 1. The first kappa shape index (κ1) is 54.8. The molecule has 4 nitrogen and oxygen atoms in total. The molecule has 424 valence electrons. The van der Waals surface area contributed by atoms with Gasteiger partial charge in [-0.15, -0.1) is 0 Å². The fourth-order valence-electron chi connectivity index (χ4n) is 14.6. The lowest BCUT2D eigenvalue weighted by atomic mass is 9.67. The Morgan fingerprint density at radius 2 is 0.656 bits per heavy atom. The highest BCUT2D eigenvalue weighted by atomic mass is 79.9. The number of benzene rings is 14. The smallest absolute Gasteiger partial charge is 0.423 e. The van der Waals surface area contributed by atoms with E-state index in [-0.39, 0.29) is 0 Å². The highest BCUT2D eigenvalue weighted by Crippen LogP contribution is 2.61. The molecular formula is C84H56BBrN2O2. The maximum Gasteiger partial charge on any atom is 0.488 e. The molecule has 0 radical (unpaired) electrons. The van der Waals surface area contributed by atoms with Crippen LogP contribution in [0.25, 0.3) is 98.5 Å². The molecule has 90 heavy (non-hydrogen) atoms. The third-order valence-corrected chi connectivity index (χ3v) is 19.2. The molecule has 2 aromatic heterocycles. The summed E-state index contributed by atoms with van der Waals surface area (Å²) in [5.41, 5.74) is 18.7. The van der Waals surface area contributed by atoms with Crippen LogP contribution in [0.15, 0.2) is 332 Å². The normalized spacial score (nSPS) is 13.0. The summed E-state index contributed by atoms with van der Waals surface area (Å²) in [5, 5.41) is 29.7. The Labute approximate surface area is 531 Å². The molecule has 2 aliphatic carbocycles. The Kier molecular flexibility index (Phi) is 13.7. The predicted octanol–water partition coefficient (Wildman–Crippen LogP) is 19.6. The molecule has 6 heteroatoms. The van der Waals surface area contributed by atoms with Crippen molar-refractivity contribution in [1.29, 1.82) is 0 Å². The van der Waals surface area contributed by atoms with Gasteiger partial charge in [-0.1, -0.05) is 301 Å². The largest absolute Gasteiger partial charge is 0.488 e. The first-order chi connectivity index (χ1) is 44.4. The SMILES string of the molecule is Brc1cc2c(c3ccccc13)-c1nc3ccccc3cc1C2(c1ccccc1)c1ccccc1.OB(O)c1ccc2ccccc2c1.c1ccc(C2(c3ccccc3)c3cc4ccccc4nc3-c3c2cc(-c2ccc4ccccc4c2)c2ccccc32)cc1. The van der Waals surface area contributed by atoms with E-state index in [1.807, 2.05) is 30.3 Å². The first-order valence-corrected chi connectivity index (χ1v) is 31.3. The van der Waals surface area contributed by atoms with E-state index in [1.54, 1.807) is 12.1 Å². The second kappa shape index (κ2) is 22.5. The van der Waals surface area contributed by atoms with Crippen molar-refractivity contribution in [2.24, 2.45) is 0 Å². The number of aromatic nitrogens is 2. The Morgan fingerprint density at radius 3 is 1.13 bits per heavy atom. The minimum absolute atomic E-state index is 0.462. The summed E-state index contributed by atoms with van der Waals surface area (Å²) in [6.45, 7) is 0. The lowest BCUT2D eigenvalue weighted by molar-refractivity contribution is 0.426. The van der Waals surface area contributed by atoms with Crippen LogP contribution in [0, 0.1) is 0 Å². The number of hydrogen-bond donors (Lipinski definition) is 2. The van der Waals surface area contributed by atoms with Crippen LogP contribution in [-0.2, 0) is 10.8 Å². The molecular weight excluding hydrogens is 1160 g/mol. The van der Waals surface area contributed by atoms with E-state index in [0.717, 1.165) is 48.4 Å². The van der Waals surface area contributed by atoms with E-state index in [2.05, 4.69) is 301 Å². The van der Waals surface area contributed by atoms with Gasteiger partial charge in [0.05, 0.1) is 33.3 Å². The molecule has 0 fully saturated rings. The maximum atomic E-state index is 8.94. The Morgan fingerprint density at radius 1 is 0.289 bits per heavy atom. The molecule has 0 amide bonds. The van der Waals surface area contributed by atoms with Crippen LogP contribution in [0.5, 0.6) is 0 Å². The van der Waals surface area contributed by atoms with Gasteiger partial charge in [-0.05, 0) is 147 Å². The molecule has 18 rings (SSSR count). The van der Waals surface area contributed by atoms with Gasteiger partial charge >= 0.3 is 7.12 Å². The van der Waals surface area contributed by atoms with Crippen LogP contribution >= 0.6 is 15.9 Å².